The number of fused-ring (bicyclic) bond motifs is 1. The molecule has 1 saturated heterocycles. The van der Waals surface area contributed by atoms with Crippen LogP contribution in [0.2, 0.25) is 10.0 Å². The number of ether oxygens (including phenoxy) is 3. The fraction of sp³-hybridized carbons (Fsp3) is 0.250. The smallest absolute Gasteiger partial charge is 0.176 e. The molecule has 0 aliphatic carbocycles. The van der Waals surface area contributed by atoms with E-state index in [4.69, 9.17) is 37.4 Å². The van der Waals surface area contributed by atoms with Gasteiger partial charge in [0.05, 0.1) is 13.2 Å². The predicted molar refractivity (Wildman–Crippen MR) is 195 cm³/mol. The molecule has 2 aliphatic heterocycles. The van der Waals surface area contributed by atoms with E-state index in [1.54, 1.807) is 24.4 Å². The van der Waals surface area contributed by atoms with Crippen molar-refractivity contribution in [1.29, 1.82) is 0 Å². The zero-order chi connectivity index (χ0) is 32.8. The molecule has 0 aromatic heterocycles. The summed E-state index contributed by atoms with van der Waals surface area (Å²) in [6.07, 6.45) is 10.9. The maximum absolute atomic E-state index is 6.09. The number of nitrogens with zero attached hydrogens (tertiary/aromatic N) is 2. The fourth-order valence-corrected chi connectivity index (χ4v) is 5.96. The first-order valence-electron chi connectivity index (χ1n) is 16.0. The average Bonchev–Trinajstić information content (AvgIpc) is 3.55. The van der Waals surface area contributed by atoms with Gasteiger partial charge in [-0.15, -0.1) is 0 Å². The Kier molecular flexibility index (Phi) is 13.1. The van der Waals surface area contributed by atoms with E-state index >= 15 is 0 Å². The van der Waals surface area contributed by atoms with Crippen LogP contribution < -0.4 is 4.74 Å². The van der Waals surface area contributed by atoms with Crippen LogP contribution in [0.1, 0.15) is 23.6 Å². The number of benzene rings is 4. The second-order valence-electron chi connectivity index (χ2n) is 11.4. The molecule has 2 atom stereocenters. The maximum atomic E-state index is 6.09. The van der Waals surface area contributed by atoms with E-state index in [2.05, 4.69) is 96.4 Å². The highest BCUT2D eigenvalue weighted by atomic mass is 35.5. The molecule has 0 amide bonds. The summed E-state index contributed by atoms with van der Waals surface area (Å²) in [6, 6.07) is 32.8. The average molecular weight is 670 g/mol. The summed E-state index contributed by atoms with van der Waals surface area (Å²) in [6.45, 7) is 10.4. The standard InChI is InChI=1S/C34H38N2O3.C6H4Cl2/c1-3-18-35(4-2)24-34-38-26-33(39-34)25-37-32-16-15-31-23-36(20-17-30(31)22-32)19-9-11-27-10-8-14-29(21-27)28-12-6-5-7-13-28;7-5-2-1-3-6(8)4-5/h3-16,18,21-22,33-34H,2,17,19-20,23-26H2,1H3;1-4H/b11-9+,18-3-;. The van der Waals surface area contributed by atoms with Gasteiger partial charge < -0.3 is 19.1 Å². The minimum atomic E-state index is -0.274. The highest BCUT2D eigenvalue weighted by Crippen LogP contribution is 2.25. The molecule has 0 bridgehead atoms. The fourth-order valence-electron chi connectivity index (χ4n) is 5.52. The van der Waals surface area contributed by atoms with E-state index in [0.717, 1.165) is 31.8 Å². The molecule has 47 heavy (non-hydrogen) atoms. The first-order chi connectivity index (χ1) is 23.0. The monoisotopic (exact) mass is 668 g/mol. The number of hydrogen-bond donors (Lipinski definition) is 0. The first-order valence-corrected chi connectivity index (χ1v) is 16.7. The lowest BCUT2D eigenvalue weighted by Crippen LogP contribution is -2.30. The highest BCUT2D eigenvalue weighted by Gasteiger charge is 2.27. The number of halogens is 2. The number of rotatable bonds is 11. The molecule has 0 spiro atoms. The van der Waals surface area contributed by atoms with E-state index in [0.29, 0.717) is 29.8 Å². The summed E-state index contributed by atoms with van der Waals surface area (Å²) < 4.78 is 17.9. The van der Waals surface area contributed by atoms with Gasteiger partial charge in [-0.3, -0.25) is 4.90 Å². The van der Waals surface area contributed by atoms with Gasteiger partial charge in [0.1, 0.15) is 18.5 Å². The van der Waals surface area contributed by atoms with Crippen LogP contribution in [0.25, 0.3) is 17.2 Å². The minimum Gasteiger partial charge on any atom is -0.491 e. The molecule has 1 fully saturated rings. The Morgan fingerprint density at radius 2 is 1.70 bits per heavy atom. The molecule has 0 radical (unpaired) electrons. The number of allylic oxidation sites excluding steroid dienone is 1. The molecule has 7 heteroatoms. The van der Waals surface area contributed by atoms with Gasteiger partial charge in [-0.05, 0) is 90.0 Å². The molecule has 0 saturated carbocycles. The van der Waals surface area contributed by atoms with Gasteiger partial charge in [-0.25, -0.2) is 0 Å². The van der Waals surface area contributed by atoms with Crippen LogP contribution in [0.3, 0.4) is 0 Å². The molecule has 0 N–H and O–H groups in total. The van der Waals surface area contributed by atoms with Crippen molar-refractivity contribution in [3.63, 3.8) is 0 Å². The molecule has 4 aromatic carbocycles. The Morgan fingerprint density at radius 1 is 0.915 bits per heavy atom. The first kappa shape index (κ1) is 34.5. The molecule has 2 unspecified atom stereocenters. The van der Waals surface area contributed by atoms with Gasteiger partial charge in [0.15, 0.2) is 6.29 Å². The predicted octanol–water partition coefficient (Wildman–Crippen LogP) is 9.52. The lowest BCUT2D eigenvalue weighted by Gasteiger charge is -2.28. The van der Waals surface area contributed by atoms with Crippen molar-refractivity contribution in [1.82, 2.24) is 9.80 Å². The summed E-state index contributed by atoms with van der Waals surface area (Å²) in [4.78, 5) is 4.45. The Labute approximate surface area is 289 Å². The molecule has 5 nitrogen and oxygen atoms in total. The van der Waals surface area contributed by atoms with Gasteiger partial charge in [0, 0.05) is 29.7 Å². The van der Waals surface area contributed by atoms with Crippen molar-refractivity contribution < 1.29 is 14.2 Å². The third-order valence-corrected chi connectivity index (χ3v) is 8.38. The molecule has 2 heterocycles. The summed E-state index contributed by atoms with van der Waals surface area (Å²) in [5.41, 5.74) is 6.48. The van der Waals surface area contributed by atoms with Gasteiger partial charge in [-0.2, -0.15) is 0 Å². The van der Waals surface area contributed by atoms with E-state index < -0.39 is 0 Å². The van der Waals surface area contributed by atoms with Gasteiger partial charge >= 0.3 is 0 Å². The van der Waals surface area contributed by atoms with Crippen molar-refractivity contribution in [2.45, 2.75) is 32.3 Å². The summed E-state index contributed by atoms with van der Waals surface area (Å²) in [5, 5.41) is 1.36. The zero-order valence-corrected chi connectivity index (χ0v) is 28.3. The van der Waals surface area contributed by atoms with Gasteiger partial charge in [0.25, 0.3) is 0 Å². The van der Waals surface area contributed by atoms with E-state index in [9.17, 15) is 0 Å². The quantitative estimate of drug-likeness (QED) is 0.159. The summed E-state index contributed by atoms with van der Waals surface area (Å²) >= 11 is 11.1. The van der Waals surface area contributed by atoms with Crippen LogP contribution in [0.4, 0.5) is 0 Å². The van der Waals surface area contributed by atoms with Crippen LogP contribution in [0.15, 0.2) is 128 Å². The van der Waals surface area contributed by atoms with Crippen LogP contribution in [-0.4, -0.2) is 55.0 Å². The lowest BCUT2D eigenvalue weighted by molar-refractivity contribution is -0.0699. The Morgan fingerprint density at radius 3 is 2.45 bits per heavy atom. The van der Waals surface area contributed by atoms with E-state index in [-0.39, 0.29) is 12.4 Å². The van der Waals surface area contributed by atoms with Crippen molar-refractivity contribution in [3.8, 4) is 16.9 Å². The highest BCUT2D eigenvalue weighted by molar-refractivity contribution is 6.34. The second kappa shape index (κ2) is 17.9. The van der Waals surface area contributed by atoms with Crippen LogP contribution in [-0.2, 0) is 22.4 Å². The largest absolute Gasteiger partial charge is 0.491 e. The van der Waals surface area contributed by atoms with Crippen LogP contribution >= 0.6 is 23.2 Å². The van der Waals surface area contributed by atoms with Crippen molar-refractivity contribution in [2.24, 2.45) is 0 Å². The van der Waals surface area contributed by atoms with Gasteiger partial charge in [0.2, 0.25) is 0 Å². The molecular formula is C40H42Cl2N2O3. The third-order valence-electron chi connectivity index (χ3n) is 7.91. The minimum absolute atomic E-state index is 0.0704. The SMILES string of the molecule is C=CN(/C=C\C)CC1OCC(COc2ccc3c(c2)CCN(C/C=C/c2cccc(-c4ccccc4)c2)C3)O1.Clc1cccc(Cl)c1. The lowest BCUT2D eigenvalue weighted by atomic mass is 9.99. The van der Waals surface area contributed by atoms with Gasteiger partial charge in [-0.1, -0.05) is 109 Å². The van der Waals surface area contributed by atoms with Crippen LogP contribution in [0, 0.1) is 0 Å². The maximum Gasteiger partial charge on any atom is 0.176 e. The third kappa shape index (κ3) is 10.9. The molecular weight excluding hydrogens is 627 g/mol. The van der Waals surface area contributed by atoms with Crippen molar-refractivity contribution in [3.05, 3.63) is 155 Å². The van der Waals surface area contributed by atoms with Crippen LogP contribution in [0.5, 0.6) is 5.75 Å². The Hall–Kier alpha value is -3.84. The second-order valence-corrected chi connectivity index (χ2v) is 12.3. The van der Waals surface area contributed by atoms with E-state index in [1.807, 2.05) is 30.2 Å². The topological polar surface area (TPSA) is 34.2 Å². The summed E-state index contributed by atoms with van der Waals surface area (Å²) in [5.74, 6) is 0.897. The number of hydrogen-bond acceptors (Lipinski definition) is 5. The molecule has 4 aromatic rings. The molecule has 244 valence electrons. The Bertz CT molecular complexity index is 1620. The Balaban J connectivity index is 0.000000474. The van der Waals surface area contributed by atoms with Crippen molar-refractivity contribution >= 4 is 29.3 Å². The molecule has 2 aliphatic rings. The van der Waals surface area contributed by atoms with E-state index in [1.165, 1.54) is 27.8 Å². The zero-order valence-electron chi connectivity index (χ0n) is 26.8. The summed E-state index contributed by atoms with van der Waals surface area (Å²) in [7, 11) is 0. The molecule has 6 rings (SSSR count). The van der Waals surface area contributed by atoms with Crippen molar-refractivity contribution in [2.75, 3.05) is 32.8 Å². The normalized spacial score (nSPS) is 17.7.